The van der Waals surface area contributed by atoms with Crippen molar-refractivity contribution >= 4 is 29.9 Å². The van der Waals surface area contributed by atoms with Crippen LogP contribution in [0.2, 0.25) is 0 Å². The minimum Gasteiger partial charge on any atom is -0.342 e. The van der Waals surface area contributed by atoms with Crippen LogP contribution >= 0.6 is 0 Å². The van der Waals surface area contributed by atoms with E-state index in [0.717, 1.165) is 17.4 Å². The third kappa shape index (κ3) is 3.77. The fourth-order valence-corrected chi connectivity index (χ4v) is 3.17. The number of imide groups is 1. The highest BCUT2D eigenvalue weighted by atomic mass is 16.6. The number of hydrogen-bond donors (Lipinski definition) is 1. The van der Waals surface area contributed by atoms with Crippen LogP contribution in [0.25, 0.3) is 0 Å². The number of nitrogens with one attached hydrogen (secondary N) is 1. The van der Waals surface area contributed by atoms with E-state index in [9.17, 15) is 29.3 Å². The maximum Gasteiger partial charge on any atom is 0.317 e. The molecule has 11 nitrogen and oxygen atoms in total. The van der Waals surface area contributed by atoms with E-state index in [1.54, 1.807) is 9.80 Å². The average molecular weight is 389 g/mol. The maximum absolute atomic E-state index is 12.4. The number of carbonyl (C=O) groups is 4. The molecule has 148 valence electrons. The Morgan fingerprint density at radius 2 is 1.82 bits per heavy atom. The predicted molar refractivity (Wildman–Crippen MR) is 95.7 cm³/mol. The molecular formula is C17H19N5O6. The topological polar surface area (TPSA) is 133 Å². The van der Waals surface area contributed by atoms with E-state index >= 15 is 0 Å². The lowest BCUT2D eigenvalue weighted by atomic mass is 10.1. The molecule has 1 aromatic rings. The molecule has 0 radical (unpaired) electrons. The molecule has 0 saturated carbocycles. The van der Waals surface area contributed by atoms with Gasteiger partial charge in [-0.25, -0.2) is 4.79 Å². The first-order valence-electron chi connectivity index (χ1n) is 8.79. The Morgan fingerprint density at radius 3 is 2.46 bits per heavy atom. The highest BCUT2D eigenvalue weighted by Gasteiger charge is 2.36. The van der Waals surface area contributed by atoms with Crippen LogP contribution in [-0.2, 0) is 4.79 Å². The van der Waals surface area contributed by atoms with Gasteiger partial charge in [-0.3, -0.25) is 29.4 Å². The summed E-state index contributed by atoms with van der Waals surface area (Å²) in [6.45, 7) is 2.22. The molecule has 0 unspecified atom stereocenters. The number of piperazine rings is 1. The van der Waals surface area contributed by atoms with Gasteiger partial charge < -0.3 is 15.1 Å². The summed E-state index contributed by atoms with van der Waals surface area (Å²) in [6.07, 6.45) is 1.11. The Kier molecular flexibility index (Phi) is 5.52. The second kappa shape index (κ2) is 8.03. The molecule has 2 aliphatic heterocycles. The van der Waals surface area contributed by atoms with Gasteiger partial charge in [0.05, 0.1) is 16.1 Å². The molecule has 3 rings (SSSR count). The zero-order chi connectivity index (χ0) is 20.3. The van der Waals surface area contributed by atoms with Crippen molar-refractivity contribution in [3.05, 3.63) is 39.4 Å². The molecule has 2 heterocycles. The van der Waals surface area contributed by atoms with Gasteiger partial charge in [-0.15, -0.1) is 0 Å². The van der Waals surface area contributed by atoms with E-state index in [0.29, 0.717) is 32.6 Å². The zero-order valence-electron chi connectivity index (χ0n) is 15.0. The van der Waals surface area contributed by atoms with Gasteiger partial charge in [0.2, 0.25) is 6.41 Å². The number of nitrogens with zero attached hydrogens (tertiary/aromatic N) is 4. The Bertz CT molecular complexity index is 833. The third-order valence-corrected chi connectivity index (χ3v) is 4.75. The van der Waals surface area contributed by atoms with Crippen LogP contribution in [-0.4, -0.2) is 83.1 Å². The molecule has 1 aromatic carbocycles. The molecule has 1 N–H and O–H groups in total. The maximum atomic E-state index is 12.4. The van der Waals surface area contributed by atoms with Crippen molar-refractivity contribution in [3.63, 3.8) is 0 Å². The van der Waals surface area contributed by atoms with Crippen molar-refractivity contribution in [2.75, 3.05) is 39.3 Å². The van der Waals surface area contributed by atoms with Crippen LogP contribution in [0.3, 0.4) is 0 Å². The van der Waals surface area contributed by atoms with Crippen molar-refractivity contribution in [2.24, 2.45) is 0 Å². The summed E-state index contributed by atoms with van der Waals surface area (Å²) in [5, 5.41) is 13.6. The molecule has 11 heteroatoms. The SMILES string of the molecule is O=CN1CCN(C(=O)NCCCN2C(=O)c3ccc([N+](=O)[O-])cc3C2=O)CC1. The van der Waals surface area contributed by atoms with Crippen molar-refractivity contribution < 1.29 is 24.1 Å². The monoisotopic (exact) mass is 389 g/mol. The number of amides is 5. The average Bonchev–Trinajstić information content (AvgIpc) is 2.95. The molecule has 1 fully saturated rings. The smallest absolute Gasteiger partial charge is 0.317 e. The molecule has 28 heavy (non-hydrogen) atoms. The minimum absolute atomic E-state index is 0.0243. The first-order chi connectivity index (χ1) is 13.4. The number of nitro benzene ring substituents is 1. The molecule has 0 bridgehead atoms. The zero-order valence-corrected chi connectivity index (χ0v) is 15.0. The summed E-state index contributed by atoms with van der Waals surface area (Å²) in [6, 6.07) is 3.33. The first-order valence-corrected chi connectivity index (χ1v) is 8.79. The number of urea groups is 1. The van der Waals surface area contributed by atoms with E-state index < -0.39 is 16.7 Å². The number of hydrogen-bond acceptors (Lipinski definition) is 6. The molecule has 2 aliphatic rings. The van der Waals surface area contributed by atoms with Gasteiger partial charge in [0.1, 0.15) is 0 Å². The lowest BCUT2D eigenvalue weighted by Crippen LogP contribution is -2.51. The van der Waals surface area contributed by atoms with Crippen LogP contribution in [0, 0.1) is 10.1 Å². The molecular weight excluding hydrogens is 370 g/mol. The molecule has 0 aromatic heterocycles. The molecule has 1 saturated heterocycles. The largest absolute Gasteiger partial charge is 0.342 e. The second-order valence-corrected chi connectivity index (χ2v) is 6.46. The summed E-state index contributed by atoms with van der Waals surface area (Å²) >= 11 is 0. The van der Waals surface area contributed by atoms with Gasteiger partial charge >= 0.3 is 6.03 Å². The van der Waals surface area contributed by atoms with Gasteiger partial charge in [0.25, 0.3) is 17.5 Å². The number of benzene rings is 1. The number of fused-ring (bicyclic) bond motifs is 1. The van der Waals surface area contributed by atoms with E-state index in [2.05, 4.69) is 5.32 Å². The first kappa shape index (κ1) is 19.3. The van der Waals surface area contributed by atoms with Gasteiger partial charge in [0, 0.05) is 51.4 Å². The standard InChI is InChI=1S/C17H19N5O6/c23-11-19-6-8-20(9-7-19)17(26)18-4-1-5-21-15(24)13-3-2-12(22(27)28)10-14(13)16(21)25/h2-3,10-11H,1,4-9H2,(H,18,26). The lowest BCUT2D eigenvalue weighted by Gasteiger charge is -2.32. The second-order valence-electron chi connectivity index (χ2n) is 6.46. The highest BCUT2D eigenvalue weighted by molar-refractivity contribution is 6.21. The summed E-state index contributed by atoms with van der Waals surface area (Å²) in [4.78, 5) is 61.9. The highest BCUT2D eigenvalue weighted by Crippen LogP contribution is 2.26. The fraction of sp³-hybridized carbons (Fsp3) is 0.412. The van der Waals surface area contributed by atoms with E-state index in [4.69, 9.17) is 0 Å². The number of carbonyl (C=O) groups excluding carboxylic acids is 4. The van der Waals surface area contributed by atoms with Crippen molar-refractivity contribution in [1.29, 1.82) is 0 Å². The number of rotatable bonds is 6. The summed E-state index contributed by atoms with van der Waals surface area (Å²) < 4.78 is 0. The Balaban J connectivity index is 1.48. The Labute approximate surface area is 160 Å². The quantitative estimate of drug-likeness (QED) is 0.241. The summed E-state index contributed by atoms with van der Waals surface area (Å²) in [7, 11) is 0. The van der Waals surface area contributed by atoms with Crippen molar-refractivity contribution in [2.45, 2.75) is 6.42 Å². The summed E-state index contributed by atoms with van der Waals surface area (Å²) in [5.74, 6) is -1.06. The number of nitro groups is 1. The van der Waals surface area contributed by atoms with Gasteiger partial charge in [-0.05, 0) is 12.5 Å². The Morgan fingerprint density at radius 1 is 1.14 bits per heavy atom. The van der Waals surface area contributed by atoms with Crippen LogP contribution in [0.5, 0.6) is 0 Å². The van der Waals surface area contributed by atoms with E-state index in [1.165, 1.54) is 12.1 Å². The molecule has 5 amide bonds. The lowest BCUT2D eigenvalue weighted by molar-refractivity contribution is -0.384. The molecule has 0 atom stereocenters. The fourth-order valence-electron chi connectivity index (χ4n) is 3.17. The normalized spacial score (nSPS) is 16.2. The van der Waals surface area contributed by atoms with Crippen LogP contribution < -0.4 is 5.32 Å². The van der Waals surface area contributed by atoms with E-state index in [1.807, 2.05) is 0 Å². The Hall–Kier alpha value is -3.50. The molecule has 0 aliphatic carbocycles. The van der Waals surface area contributed by atoms with Crippen LogP contribution in [0.4, 0.5) is 10.5 Å². The van der Waals surface area contributed by atoms with Crippen molar-refractivity contribution in [3.8, 4) is 0 Å². The van der Waals surface area contributed by atoms with E-state index in [-0.39, 0.29) is 35.9 Å². The van der Waals surface area contributed by atoms with Crippen molar-refractivity contribution in [1.82, 2.24) is 20.0 Å². The van der Waals surface area contributed by atoms with Gasteiger partial charge in [-0.2, -0.15) is 0 Å². The minimum atomic E-state index is -0.620. The van der Waals surface area contributed by atoms with Gasteiger partial charge in [-0.1, -0.05) is 0 Å². The third-order valence-electron chi connectivity index (χ3n) is 4.75. The molecule has 0 spiro atoms. The van der Waals surface area contributed by atoms with Gasteiger partial charge in [0.15, 0.2) is 0 Å². The summed E-state index contributed by atoms with van der Waals surface area (Å²) in [5.41, 5.74) is -0.0762. The predicted octanol–water partition coefficient (Wildman–Crippen LogP) is 0.0645. The number of non-ortho nitro benzene ring substituents is 1. The van der Waals surface area contributed by atoms with Crippen LogP contribution in [0.1, 0.15) is 27.1 Å². The van der Waals surface area contributed by atoms with Crippen LogP contribution in [0.15, 0.2) is 18.2 Å².